The van der Waals surface area contributed by atoms with Gasteiger partial charge in [0.2, 0.25) is 5.91 Å². The lowest BCUT2D eigenvalue weighted by molar-refractivity contribution is -0.129. The van der Waals surface area contributed by atoms with E-state index in [9.17, 15) is 13.2 Å². The number of rotatable bonds is 5. The number of hydrogen-bond donors (Lipinski definition) is 0. The molecule has 0 spiro atoms. The predicted molar refractivity (Wildman–Crippen MR) is 113 cm³/mol. The minimum absolute atomic E-state index is 0.00260. The lowest BCUT2D eigenvalue weighted by atomic mass is 10.2. The summed E-state index contributed by atoms with van der Waals surface area (Å²) < 4.78 is 29.6. The van der Waals surface area contributed by atoms with Gasteiger partial charge in [-0.25, -0.2) is 8.42 Å². The van der Waals surface area contributed by atoms with Gasteiger partial charge in [-0.15, -0.1) is 21.5 Å². The molecule has 0 unspecified atom stereocenters. The normalized spacial score (nSPS) is 18.4. The van der Waals surface area contributed by atoms with Crippen LogP contribution in [0.3, 0.4) is 0 Å². The maximum absolute atomic E-state index is 12.7. The Hall–Kier alpha value is -1.14. The van der Waals surface area contributed by atoms with E-state index in [2.05, 4.69) is 14.8 Å². The summed E-state index contributed by atoms with van der Waals surface area (Å²) in [6.45, 7) is 2.25. The monoisotopic (exact) mass is 475 g/mol. The lowest BCUT2D eigenvalue weighted by Gasteiger charge is -2.33. The highest BCUT2D eigenvalue weighted by Crippen LogP contribution is 2.29. The van der Waals surface area contributed by atoms with E-state index in [0.717, 1.165) is 48.1 Å². The van der Waals surface area contributed by atoms with Crippen LogP contribution in [-0.2, 0) is 27.8 Å². The van der Waals surface area contributed by atoms with Gasteiger partial charge in [0.15, 0.2) is 5.16 Å². The Balaban J connectivity index is 1.31. The number of carbonyl (C=O) groups excluding carboxylic acids is 1. The average molecular weight is 476 g/mol. The van der Waals surface area contributed by atoms with Crippen LogP contribution in [0, 0.1) is 0 Å². The largest absolute Gasteiger partial charge is 0.339 e. The van der Waals surface area contributed by atoms with Gasteiger partial charge < -0.3 is 9.47 Å². The van der Waals surface area contributed by atoms with Gasteiger partial charge in [0.05, 0.1) is 10.1 Å². The molecule has 0 bridgehead atoms. The molecule has 0 saturated carbocycles. The first-order valence-corrected chi connectivity index (χ1v) is 13.2. The third-order valence-corrected chi connectivity index (χ3v) is 9.68. The Bertz CT molecular complexity index is 982. The van der Waals surface area contributed by atoms with Crippen LogP contribution in [0.5, 0.6) is 0 Å². The molecular formula is C17H22ClN5O3S3. The van der Waals surface area contributed by atoms with Crippen molar-refractivity contribution in [2.45, 2.75) is 41.6 Å². The molecule has 4 rings (SSSR count). The summed E-state index contributed by atoms with van der Waals surface area (Å²) in [7, 11) is -3.55. The summed E-state index contributed by atoms with van der Waals surface area (Å²) >= 11 is 8.33. The molecule has 2 aliphatic rings. The zero-order chi connectivity index (χ0) is 20.4. The van der Waals surface area contributed by atoms with Crippen molar-refractivity contribution in [3.63, 3.8) is 0 Å². The third-order valence-electron chi connectivity index (χ3n) is 5.13. The minimum atomic E-state index is -3.55. The second-order valence-corrected chi connectivity index (χ2v) is 11.8. The molecule has 1 amide bonds. The van der Waals surface area contributed by atoms with Crippen molar-refractivity contribution in [1.29, 1.82) is 0 Å². The third kappa shape index (κ3) is 4.63. The number of aromatic nitrogens is 3. The summed E-state index contributed by atoms with van der Waals surface area (Å²) in [6, 6.07) is 3.11. The molecule has 0 aromatic carbocycles. The number of piperazine rings is 1. The lowest BCUT2D eigenvalue weighted by Crippen LogP contribution is -2.50. The smallest absolute Gasteiger partial charge is 0.252 e. The number of amides is 1. The summed E-state index contributed by atoms with van der Waals surface area (Å²) in [5.41, 5.74) is 0. The molecule has 8 nitrogen and oxygen atoms in total. The first-order chi connectivity index (χ1) is 13.9. The maximum Gasteiger partial charge on any atom is 0.252 e. The van der Waals surface area contributed by atoms with E-state index in [0.29, 0.717) is 17.4 Å². The number of hydrogen-bond acceptors (Lipinski definition) is 7. The van der Waals surface area contributed by atoms with Crippen molar-refractivity contribution < 1.29 is 13.2 Å². The van der Waals surface area contributed by atoms with E-state index in [1.807, 2.05) is 0 Å². The van der Waals surface area contributed by atoms with Crippen LogP contribution in [0.1, 0.15) is 25.1 Å². The van der Waals surface area contributed by atoms with Crippen molar-refractivity contribution in [3.05, 3.63) is 22.3 Å². The van der Waals surface area contributed by atoms with Crippen molar-refractivity contribution in [2.75, 3.05) is 31.9 Å². The van der Waals surface area contributed by atoms with Crippen LogP contribution >= 0.6 is 34.7 Å². The highest BCUT2D eigenvalue weighted by Gasteiger charge is 2.31. The quantitative estimate of drug-likeness (QED) is 0.617. The Morgan fingerprint density at radius 2 is 1.90 bits per heavy atom. The summed E-state index contributed by atoms with van der Waals surface area (Å²) in [6.07, 6.45) is 4.37. The topological polar surface area (TPSA) is 88.4 Å². The van der Waals surface area contributed by atoms with E-state index < -0.39 is 10.0 Å². The molecule has 29 heavy (non-hydrogen) atoms. The predicted octanol–water partition coefficient (Wildman–Crippen LogP) is 2.34. The van der Waals surface area contributed by atoms with E-state index >= 15 is 0 Å². The number of sulfonamides is 1. The van der Waals surface area contributed by atoms with Gasteiger partial charge in [-0.05, 0) is 25.0 Å². The molecule has 1 saturated heterocycles. The molecule has 0 atom stereocenters. The highest BCUT2D eigenvalue weighted by molar-refractivity contribution is 7.99. The zero-order valence-corrected chi connectivity index (χ0v) is 19.0. The number of nitrogens with zero attached hydrogens (tertiary/aromatic N) is 5. The SMILES string of the molecule is O=C(CSc1nnc2n1CCCCC2)N1CCN(S(=O)(=O)c2ccc(Cl)s2)CC1. The Kier molecular flexibility index (Phi) is 6.50. The number of fused-ring (bicyclic) bond motifs is 1. The molecule has 158 valence electrons. The molecular weight excluding hydrogens is 454 g/mol. The number of halogens is 1. The summed E-state index contributed by atoms with van der Waals surface area (Å²) in [4.78, 5) is 14.3. The molecule has 2 aromatic rings. The first kappa shape index (κ1) is 21.1. The number of aryl methyl sites for hydroxylation is 1. The van der Waals surface area contributed by atoms with Crippen LogP contribution in [0.15, 0.2) is 21.5 Å². The Morgan fingerprint density at radius 3 is 2.62 bits per heavy atom. The van der Waals surface area contributed by atoms with Crippen LogP contribution in [0.2, 0.25) is 4.34 Å². The fraction of sp³-hybridized carbons (Fsp3) is 0.588. The molecule has 1 fully saturated rings. The second kappa shape index (κ2) is 8.93. The van der Waals surface area contributed by atoms with E-state index in [1.54, 1.807) is 11.0 Å². The van der Waals surface area contributed by atoms with Crippen molar-refractivity contribution in [3.8, 4) is 0 Å². The van der Waals surface area contributed by atoms with E-state index in [4.69, 9.17) is 11.6 Å². The van der Waals surface area contributed by atoms with Crippen LogP contribution in [-0.4, -0.2) is 70.2 Å². The van der Waals surface area contributed by atoms with Gasteiger partial charge in [-0.3, -0.25) is 4.79 Å². The molecule has 0 aliphatic carbocycles. The standard InChI is InChI=1S/C17H22ClN5O3S3/c18-13-5-6-16(28-13)29(25,26)22-10-8-21(9-11-22)15(24)12-27-17-20-19-14-4-2-1-3-7-23(14)17/h5-6H,1-4,7-12H2. The van der Waals surface area contributed by atoms with Crippen molar-refractivity contribution >= 4 is 50.6 Å². The van der Waals surface area contributed by atoms with Crippen LogP contribution in [0.4, 0.5) is 0 Å². The Morgan fingerprint density at radius 1 is 1.10 bits per heavy atom. The second-order valence-electron chi connectivity index (χ2n) is 6.99. The number of thiophene rings is 1. The maximum atomic E-state index is 12.7. The molecule has 2 aromatic heterocycles. The zero-order valence-electron chi connectivity index (χ0n) is 15.8. The van der Waals surface area contributed by atoms with E-state index in [-0.39, 0.29) is 29.0 Å². The molecule has 2 aliphatic heterocycles. The fourth-order valence-electron chi connectivity index (χ4n) is 3.52. The number of thioether (sulfide) groups is 1. The summed E-state index contributed by atoms with van der Waals surface area (Å²) in [5, 5.41) is 9.30. The van der Waals surface area contributed by atoms with Crippen LogP contribution < -0.4 is 0 Å². The van der Waals surface area contributed by atoms with Gasteiger partial charge in [-0.2, -0.15) is 4.31 Å². The van der Waals surface area contributed by atoms with Crippen molar-refractivity contribution in [1.82, 2.24) is 24.0 Å². The highest BCUT2D eigenvalue weighted by atomic mass is 35.5. The van der Waals surface area contributed by atoms with Gasteiger partial charge in [0.1, 0.15) is 10.0 Å². The molecule has 0 radical (unpaired) electrons. The van der Waals surface area contributed by atoms with Gasteiger partial charge in [0.25, 0.3) is 10.0 Å². The van der Waals surface area contributed by atoms with Gasteiger partial charge in [-0.1, -0.05) is 29.8 Å². The van der Waals surface area contributed by atoms with E-state index in [1.165, 1.54) is 28.6 Å². The van der Waals surface area contributed by atoms with Gasteiger partial charge >= 0.3 is 0 Å². The van der Waals surface area contributed by atoms with Gasteiger partial charge in [0, 0.05) is 39.1 Å². The molecule has 4 heterocycles. The minimum Gasteiger partial charge on any atom is -0.339 e. The van der Waals surface area contributed by atoms with Crippen molar-refractivity contribution in [2.24, 2.45) is 0 Å². The number of carbonyl (C=O) groups is 1. The Labute approximate surface area is 183 Å². The average Bonchev–Trinajstić information content (AvgIpc) is 3.25. The van der Waals surface area contributed by atoms with Crippen LogP contribution in [0.25, 0.3) is 0 Å². The summed E-state index contributed by atoms with van der Waals surface area (Å²) in [5.74, 6) is 1.29. The molecule has 12 heteroatoms. The first-order valence-electron chi connectivity index (χ1n) is 9.53. The molecule has 0 N–H and O–H groups in total. The fourth-order valence-corrected chi connectivity index (χ4v) is 7.47.